The van der Waals surface area contributed by atoms with Gasteiger partial charge in [-0.15, -0.1) is 0 Å². The maximum absolute atomic E-state index is 13.3. The molecule has 0 aliphatic carbocycles. The number of carbonyl (C=O) groups excluding carboxylic acids is 1. The number of benzene rings is 2. The highest BCUT2D eigenvalue weighted by Crippen LogP contribution is 2.20. The zero-order valence-corrected chi connectivity index (χ0v) is 17.2. The molecule has 0 atom stereocenters. The topological polar surface area (TPSA) is 113 Å². The van der Waals surface area contributed by atoms with E-state index in [1.807, 2.05) is 0 Å². The highest BCUT2D eigenvalue weighted by molar-refractivity contribution is 7.89. The summed E-state index contributed by atoms with van der Waals surface area (Å²) in [5.41, 5.74) is 1.15. The molecule has 1 heterocycles. The molecule has 0 saturated carbocycles. The van der Waals surface area contributed by atoms with Gasteiger partial charge in [-0.3, -0.25) is 9.89 Å². The molecule has 8 nitrogen and oxygen atoms in total. The highest BCUT2D eigenvalue weighted by Gasteiger charge is 2.15. The number of nitrogens with one attached hydrogen (secondary N) is 3. The summed E-state index contributed by atoms with van der Waals surface area (Å²) >= 11 is 0. The summed E-state index contributed by atoms with van der Waals surface area (Å²) in [7, 11) is -3.59. The lowest BCUT2D eigenvalue weighted by atomic mass is 10.1. The van der Waals surface area contributed by atoms with Crippen LogP contribution < -0.4 is 14.8 Å². The van der Waals surface area contributed by atoms with E-state index >= 15 is 0 Å². The Bertz CT molecular complexity index is 1130. The van der Waals surface area contributed by atoms with E-state index in [2.05, 4.69) is 20.2 Å². The molecule has 3 N–H and O–H groups in total. The summed E-state index contributed by atoms with van der Waals surface area (Å²) < 4.78 is 45.4. The number of H-pyrrole nitrogens is 1. The fourth-order valence-electron chi connectivity index (χ4n) is 2.61. The zero-order chi connectivity index (χ0) is 21.7. The van der Waals surface area contributed by atoms with E-state index in [0.29, 0.717) is 17.0 Å². The average molecular weight is 432 g/mol. The first-order valence-corrected chi connectivity index (χ1v) is 10.6. The fraction of sp³-hybridized carbons (Fsp3) is 0.200. The Balaban J connectivity index is 1.55. The predicted molar refractivity (Wildman–Crippen MR) is 110 cm³/mol. The maximum Gasteiger partial charge on any atom is 0.263 e. The Morgan fingerprint density at radius 3 is 2.57 bits per heavy atom. The molecule has 0 radical (unpaired) electrons. The van der Waals surface area contributed by atoms with Gasteiger partial charge in [0.1, 0.15) is 11.6 Å². The van der Waals surface area contributed by atoms with Crippen molar-refractivity contribution in [2.24, 2.45) is 0 Å². The van der Waals surface area contributed by atoms with Crippen molar-refractivity contribution in [3.63, 3.8) is 0 Å². The van der Waals surface area contributed by atoms with E-state index in [1.165, 1.54) is 36.4 Å². The van der Waals surface area contributed by atoms with Crippen LogP contribution in [0.3, 0.4) is 0 Å². The lowest BCUT2D eigenvalue weighted by Gasteiger charge is -2.10. The fourth-order valence-corrected chi connectivity index (χ4v) is 3.86. The van der Waals surface area contributed by atoms with Crippen LogP contribution in [0.15, 0.2) is 59.5 Å². The van der Waals surface area contributed by atoms with Gasteiger partial charge in [0, 0.05) is 17.7 Å². The number of amides is 1. The molecule has 0 unspecified atom stereocenters. The van der Waals surface area contributed by atoms with E-state index in [9.17, 15) is 17.6 Å². The van der Waals surface area contributed by atoms with Crippen molar-refractivity contribution in [3.8, 4) is 17.0 Å². The summed E-state index contributed by atoms with van der Waals surface area (Å²) in [6, 6.07) is 13.1. The molecule has 0 saturated heterocycles. The van der Waals surface area contributed by atoms with Crippen molar-refractivity contribution < 1.29 is 22.3 Å². The molecule has 0 aliphatic rings. The molecule has 2 aromatic carbocycles. The SMILES string of the molecule is CC(C)NS(=O)(=O)c1ccc(OCC(=O)Nc2cc(-c3cccc(F)c3)[nH]n2)cc1. The second-order valence-electron chi connectivity index (χ2n) is 6.76. The van der Waals surface area contributed by atoms with Gasteiger partial charge in [0.15, 0.2) is 12.4 Å². The number of carbonyl (C=O) groups is 1. The standard InChI is InChI=1S/C20H21FN4O4S/c1-13(2)25-30(27,28)17-8-6-16(7-9-17)29-12-20(26)22-19-11-18(23-24-19)14-4-3-5-15(21)10-14/h3-11,13,25H,12H2,1-2H3,(H2,22,23,24,26). The largest absolute Gasteiger partial charge is 0.484 e. The van der Waals surface area contributed by atoms with Crippen molar-refractivity contribution in [1.82, 2.24) is 14.9 Å². The Hall–Kier alpha value is -3.24. The third kappa shape index (κ3) is 5.65. The van der Waals surface area contributed by atoms with Crippen LogP contribution >= 0.6 is 0 Å². The van der Waals surface area contributed by atoms with E-state index in [0.717, 1.165) is 0 Å². The first-order valence-electron chi connectivity index (χ1n) is 9.09. The average Bonchev–Trinajstić information content (AvgIpc) is 3.14. The number of rotatable bonds is 8. The van der Waals surface area contributed by atoms with Gasteiger partial charge in [-0.2, -0.15) is 5.10 Å². The molecular weight excluding hydrogens is 411 g/mol. The van der Waals surface area contributed by atoms with Crippen molar-refractivity contribution in [3.05, 3.63) is 60.4 Å². The minimum absolute atomic E-state index is 0.106. The molecule has 10 heteroatoms. The number of nitrogens with zero attached hydrogens (tertiary/aromatic N) is 1. The summed E-state index contributed by atoms with van der Waals surface area (Å²) in [5.74, 6) is -0.217. The summed E-state index contributed by atoms with van der Waals surface area (Å²) in [6.07, 6.45) is 0. The number of aromatic amines is 1. The van der Waals surface area contributed by atoms with Crippen molar-refractivity contribution >= 4 is 21.7 Å². The lowest BCUT2D eigenvalue weighted by molar-refractivity contribution is -0.118. The van der Waals surface area contributed by atoms with Gasteiger partial charge in [0.25, 0.3) is 5.91 Å². The Morgan fingerprint density at radius 2 is 1.90 bits per heavy atom. The molecular formula is C20H21FN4O4S. The van der Waals surface area contributed by atoms with Gasteiger partial charge < -0.3 is 10.1 Å². The number of ether oxygens (including phenoxy) is 1. The minimum Gasteiger partial charge on any atom is -0.484 e. The predicted octanol–water partition coefficient (Wildman–Crippen LogP) is 2.92. The number of hydrogen-bond donors (Lipinski definition) is 3. The van der Waals surface area contributed by atoms with Crippen molar-refractivity contribution in [2.45, 2.75) is 24.8 Å². The third-order valence-electron chi connectivity index (χ3n) is 3.88. The van der Waals surface area contributed by atoms with Gasteiger partial charge in [-0.25, -0.2) is 17.5 Å². The van der Waals surface area contributed by atoms with Crippen LogP contribution in [0, 0.1) is 5.82 Å². The van der Waals surface area contributed by atoms with E-state index in [4.69, 9.17) is 4.74 Å². The summed E-state index contributed by atoms with van der Waals surface area (Å²) in [5, 5.41) is 9.27. The van der Waals surface area contributed by atoms with Gasteiger partial charge in [0.2, 0.25) is 10.0 Å². The quantitative estimate of drug-likeness (QED) is 0.507. The normalized spacial score (nSPS) is 11.5. The molecule has 1 amide bonds. The van der Waals surface area contributed by atoms with E-state index in [-0.39, 0.29) is 29.2 Å². The molecule has 3 aromatic rings. The first kappa shape index (κ1) is 21.5. The van der Waals surface area contributed by atoms with E-state index < -0.39 is 15.9 Å². The Labute approximate surface area is 173 Å². The summed E-state index contributed by atoms with van der Waals surface area (Å²) in [6.45, 7) is 3.17. The van der Waals surface area contributed by atoms with Crippen LogP contribution in [0.4, 0.5) is 10.2 Å². The molecule has 0 bridgehead atoms. The van der Waals surface area contributed by atoms with Gasteiger partial charge in [-0.05, 0) is 50.2 Å². The van der Waals surface area contributed by atoms with Crippen LogP contribution in [0.5, 0.6) is 5.75 Å². The van der Waals surface area contributed by atoms with Gasteiger partial charge >= 0.3 is 0 Å². The molecule has 0 fully saturated rings. The van der Waals surface area contributed by atoms with Crippen molar-refractivity contribution in [1.29, 1.82) is 0 Å². The molecule has 0 spiro atoms. The van der Waals surface area contributed by atoms with Crippen LogP contribution in [-0.2, 0) is 14.8 Å². The number of hydrogen-bond acceptors (Lipinski definition) is 5. The second kappa shape index (κ2) is 9.06. The van der Waals surface area contributed by atoms with E-state index in [1.54, 1.807) is 32.0 Å². The monoisotopic (exact) mass is 432 g/mol. The summed E-state index contributed by atoms with van der Waals surface area (Å²) in [4.78, 5) is 12.2. The number of halogens is 1. The molecule has 158 valence electrons. The zero-order valence-electron chi connectivity index (χ0n) is 16.3. The molecule has 3 rings (SSSR count). The first-order chi connectivity index (χ1) is 14.2. The van der Waals surface area contributed by atoms with Crippen LogP contribution in [0.2, 0.25) is 0 Å². The molecule has 30 heavy (non-hydrogen) atoms. The Morgan fingerprint density at radius 1 is 1.17 bits per heavy atom. The molecule has 1 aromatic heterocycles. The third-order valence-corrected chi connectivity index (χ3v) is 5.55. The molecule has 0 aliphatic heterocycles. The number of sulfonamides is 1. The lowest BCUT2D eigenvalue weighted by Crippen LogP contribution is -2.30. The van der Waals surface area contributed by atoms with Gasteiger partial charge in [0.05, 0.1) is 10.6 Å². The van der Waals surface area contributed by atoms with Crippen molar-refractivity contribution in [2.75, 3.05) is 11.9 Å². The number of aromatic nitrogens is 2. The Kier molecular flexibility index (Phi) is 6.48. The maximum atomic E-state index is 13.3. The van der Waals surface area contributed by atoms with Crippen LogP contribution in [0.25, 0.3) is 11.3 Å². The van der Waals surface area contributed by atoms with Crippen LogP contribution in [0.1, 0.15) is 13.8 Å². The van der Waals surface area contributed by atoms with Gasteiger partial charge in [-0.1, -0.05) is 12.1 Å². The minimum atomic E-state index is -3.59. The second-order valence-corrected chi connectivity index (χ2v) is 8.48. The highest BCUT2D eigenvalue weighted by atomic mass is 32.2. The smallest absolute Gasteiger partial charge is 0.263 e. The van der Waals surface area contributed by atoms with Crippen LogP contribution in [-0.4, -0.2) is 37.2 Å². The number of anilines is 1.